The van der Waals surface area contributed by atoms with E-state index in [-0.39, 0.29) is 18.6 Å². The number of aromatic nitrogens is 2. The first-order chi connectivity index (χ1) is 10.8. The van der Waals surface area contributed by atoms with Gasteiger partial charge in [-0.2, -0.15) is 10.4 Å². The Balaban J connectivity index is 1.46. The monoisotopic (exact) mass is 304 g/mol. The molecule has 2 aliphatic heterocycles. The van der Waals surface area contributed by atoms with Crippen LogP contribution >= 0.6 is 0 Å². The molecule has 0 bridgehead atoms. The van der Waals surface area contributed by atoms with Gasteiger partial charge in [0.05, 0.1) is 31.5 Å². The van der Waals surface area contributed by atoms with Crippen molar-refractivity contribution in [1.82, 2.24) is 14.7 Å². The first-order valence-electron chi connectivity index (χ1n) is 7.70. The summed E-state index contributed by atoms with van der Waals surface area (Å²) in [6.45, 7) is 3.06. The van der Waals surface area contributed by atoms with Crippen molar-refractivity contribution >= 4 is 5.91 Å². The third kappa shape index (κ3) is 3.46. The van der Waals surface area contributed by atoms with Crippen molar-refractivity contribution in [2.75, 3.05) is 26.4 Å². The van der Waals surface area contributed by atoms with Gasteiger partial charge in [-0.1, -0.05) is 0 Å². The first kappa shape index (κ1) is 15.0. The highest BCUT2D eigenvalue weighted by Gasteiger charge is 2.23. The largest absolute Gasteiger partial charge is 0.376 e. The molecule has 0 aliphatic carbocycles. The van der Waals surface area contributed by atoms with Gasteiger partial charge in [-0.3, -0.25) is 9.48 Å². The van der Waals surface area contributed by atoms with Crippen LogP contribution in [0.1, 0.15) is 30.7 Å². The third-order valence-corrected chi connectivity index (χ3v) is 4.07. The minimum absolute atomic E-state index is 0.0261. The van der Waals surface area contributed by atoms with Gasteiger partial charge in [0.1, 0.15) is 12.7 Å². The minimum Gasteiger partial charge on any atom is -0.376 e. The Morgan fingerprint density at radius 1 is 1.50 bits per heavy atom. The van der Waals surface area contributed by atoms with E-state index in [1.54, 1.807) is 15.6 Å². The second-order valence-corrected chi connectivity index (χ2v) is 5.67. The van der Waals surface area contributed by atoms with Gasteiger partial charge in [-0.15, -0.1) is 0 Å². The molecule has 7 nitrogen and oxygen atoms in total. The Morgan fingerprint density at radius 2 is 2.41 bits per heavy atom. The fourth-order valence-electron chi connectivity index (χ4n) is 2.84. The molecule has 1 aromatic rings. The van der Waals surface area contributed by atoms with Gasteiger partial charge >= 0.3 is 0 Å². The predicted octanol–water partition coefficient (Wildman–Crippen LogP) is 0.683. The lowest BCUT2D eigenvalue weighted by molar-refractivity contribution is -0.139. The van der Waals surface area contributed by atoms with Crippen LogP contribution in [0.3, 0.4) is 0 Å². The van der Waals surface area contributed by atoms with Gasteiger partial charge in [0, 0.05) is 13.2 Å². The molecule has 22 heavy (non-hydrogen) atoms. The van der Waals surface area contributed by atoms with Crippen molar-refractivity contribution < 1.29 is 14.3 Å². The summed E-state index contributed by atoms with van der Waals surface area (Å²) in [5, 5.41) is 13.0. The summed E-state index contributed by atoms with van der Waals surface area (Å²) >= 11 is 0. The topological polar surface area (TPSA) is 80.4 Å². The summed E-state index contributed by atoms with van der Waals surface area (Å²) in [6.07, 6.45) is 3.41. The van der Waals surface area contributed by atoms with Crippen LogP contribution in [0.25, 0.3) is 0 Å². The molecule has 1 saturated heterocycles. The van der Waals surface area contributed by atoms with Gasteiger partial charge in [0.25, 0.3) is 0 Å². The Labute approximate surface area is 129 Å². The van der Waals surface area contributed by atoms with Crippen LogP contribution in [0.15, 0.2) is 6.07 Å². The standard InChI is InChI=1S/C15H20N4O3/c16-8-12-7-13-9-18(4-5-19(13)17-12)15(20)11-21-10-14-3-1-2-6-22-14/h7,14H,1-6,9-11H2/t14-/m1/s1. The minimum atomic E-state index is -0.0261. The van der Waals surface area contributed by atoms with E-state index >= 15 is 0 Å². The molecule has 3 rings (SSSR count). The van der Waals surface area contributed by atoms with E-state index < -0.39 is 0 Å². The molecule has 7 heteroatoms. The molecule has 1 aromatic heterocycles. The number of nitriles is 1. The van der Waals surface area contributed by atoms with Crippen LogP contribution in [0.5, 0.6) is 0 Å². The predicted molar refractivity (Wildman–Crippen MR) is 76.8 cm³/mol. The van der Waals surface area contributed by atoms with Crippen molar-refractivity contribution in [3.05, 3.63) is 17.5 Å². The lowest BCUT2D eigenvalue weighted by atomic mass is 10.1. The van der Waals surface area contributed by atoms with Crippen molar-refractivity contribution in [3.63, 3.8) is 0 Å². The molecule has 0 radical (unpaired) electrons. The van der Waals surface area contributed by atoms with Crippen LogP contribution in [0, 0.1) is 11.3 Å². The molecule has 3 heterocycles. The number of carbonyl (C=O) groups is 1. The van der Waals surface area contributed by atoms with E-state index in [1.807, 2.05) is 6.07 Å². The molecule has 0 spiro atoms. The molecule has 1 amide bonds. The van der Waals surface area contributed by atoms with Gasteiger partial charge in [0.15, 0.2) is 5.69 Å². The number of fused-ring (bicyclic) bond motifs is 1. The number of hydrogen-bond acceptors (Lipinski definition) is 5. The summed E-state index contributed by atoms with van der Waals surface area (Å²) in [4.78, 5) is 13.9. The number of carbonyl (C=O) groups excluding carboxylic acids is 1. The van der Waals surface area contributed by atoms with Crippen LogP contribution in [0.4, 0.5) is 0 Å². The lowest BCUT2D eigenvalue weighted by Crippen LogP contribution is -2.40. The van der Waals surface area contributed by atoms with E-state index in [0.29, 0.717) is 31.9 Å². The fourth-order valence-corrected chi connectivity index (χ4v) is 2.84. The zero-order valence-corrected chi connectivity index (χ0v) is 12.5. The summed E-state index contributed by atoms with van der Waals surface area (Å²) in [7, 11) is 0. The highest BCUT2D eigenvalue weighted by Crippen LogP contribution is 2.15. The second-order valence-electron chi connectivity index (χ2n) is 5.67. The SMILES string of the molecule is N#Cc1cc2n(n1)CCN(C(=O)COC[C@H]1CCCCO1)C2. The van der Waals surface area contributed by atoms with Gasteiger partial charge in [0.2, 0.25) is 5.91 Å². The van der Waals surface area contributed by atoms with Crippen LogP contribution in [0.2, 0.25) is 0 Å². The fraction of sp³-hybridized carbons (Fsp3) is 0.667. The Morgan fingerprint density at radius 3 is 3.18 bits per heavy atom. The van der Waals surface area contributed by atoms with Crippen molar-refractivity contribution in [3.8, 4) is 6.07 Å². The summed E-state index contributed by atoms with van der Waals surface area (Å²) in [5.74, 6) is -0.0261. The van der Waals surface area contributed by atoms with Gasteiger partial charge < -0.3 is 14.4 Å². The molecular weight excluding hydrogens is 284 g/mol. The maximum absolute atomic E-state index is 12.2. The molecule has 0 N–H and O–H groups in total. The first-order valence-corrected chi connectivity index (χ1v) is 7.70. The van der Waals surface area contributed by atoms with Gasteiger partial charge in [-0.25, -0.2) is 0 Å². The van der Waals surface area contributed by atoms with E-state index in [2.05, 4.69) is 5.10 Å². The maximum Gasteiger partial charge on any atom is 0.248 e. The number of hydrogen-bond donors (Lipinski definition) is 0. The highest BCUT2D eigenvalue weighted by molar-refractivity contribution is 5.77. The van der Waals surface area contributed by atoms with E-state index in [1.165, 1.54) is 6.42 Å². The number of ether oxygens (including phenoxy) is 2. The zero-order valence-electron chi connectivity index (χ0n) is 12.5. The lowest BCUT2D eigenvalue weighted by Gasteiger charge is -2.28. The van der Waals surface area contributed by atoms with Crippen LogP contribution in [-0.2, 0) is 27.4 Å². The molecule has 1 fully saturated rings. The molecule has 0 unspecified atom stereocenters. The quantitative estimate of drug-likeness (QED) is 0.817. The van der Waals surface area contributed by atoms with E-state index in [0.717, 1.165) is 25.1 Å². The van der Waals surface area contributed by atoms with E-state index in [9.17, 15) is 4.79 Å². The average molecular weight is 304 g/mol. The summed E-state index contributed by atoms with van der Waals surface area (Å²) < 4.78 is 12.9. The summed E-state index contributed by atoms with van der Waals surface area (Å²) in [6, 6.07) is 3.76. The van der Waals surface area contributed by atoms with Crippen molar-refractivity contribution in [1.29, 1.82) is 5.26 Å². The molecule has 0 aromatic carbocycles. The second kappa shape index (κ2) is 6.90. The molecule has 1 atom stereocenters. The van der Waals surface area contributed by atoms with Crippen molar-refractivity contribution in [2.24, 2.45) is 0 Å². The molecule has 118 valence electrons. The normalized spacial score (nSPS) is 21.2. The third-order valence-electron chi connectivity index (χ3n) is 4.07. The number of nitrogens with zero attached hydrogens (tertiary/aromatic N) is 4. The van der Waals surface area contributed by atoms with Crippen LogP contribution in [-0.4, -0.2) is 53.1 Å². The maximum atomic E-state index is 12.2. The average Bonchev–Trinajstić information content (AvgIpc) is 2.98. The Hall–Kier alpha value is -1.91. The molecule has 0 saturated carbocycles. The number of amides is 1. The Kier molecular flexibility index (Phi) is 4.71. The number of rotatable bonds is 4. The van der Waals surface area contributed by atoms with Crippen LogP contribution < -0.4 is 0 Å². The highest BCUT2D eigenvalue weighted by atomic mass is 16.5. The van der Waals surface area contributed by atoms with Gasteiger partial charge in [-0.05, 0) is 25.3 Å². The van der Waals surface area contributed by atoms with Crippen molar-refractivity contribution in [2.45, 2.75) is 38.5 Å². The molecular formula is C15H20N4O3. The smallest absolute Gasteiger partial charge is 0.248 e. The van der Waals surface area contributed by atoms with E-state index in [4.69, 9.17) is 14.7 Å². The summed E-state index contributed by atoms with van der Waals surface area (Å²) in [5.41, 5.74) is 1.29. The zero-order chi connectivity index (χ0) is 15.4. The molecule has 2 aliphatic rings. The Bertz CT molecular complexity index is 572.